The van der Waals surface area contributed by atoms with Crippen LogP contribution in [0.15, 0.2) is 30.5 Å². The predicted molar refractivity (Wildman–Crippen MR) is 69.1 cm³/mol. The topological polar surface area (TPSA) is 105 Å². The molecule has 1 heterocycles. The number of nitro benzene ring substituents is 1. The van der Waals surface area contributed by atoms with Gasteiger partial charge in [-0.3, -0.25) is 14.9 Å². The maximum absolute atomic E-state index is 10.8. The van der Waals surface area contributed by atoms with E-state index in [1.54, 1.807) is 12.1 Å². The number of carbonyl (C=O) groups is 1. The molecule has 0 amide bonds. The number of rotatable bonds is 4. The first-order chi connectivity index (χ1) is 8.99. The molecule has 98 valence electrons. The van der Waals surface area contributed by atoms with Crippen molar-refractivity contribution in [1.29, 1.82) is 0 Å². The lowest BCUT2D eigenvalue weighted by Crippen LogP contribution is -2.25. The van der Waals surface area contributed by atoms with Crippen LogP contribution in [-0.2, 0) is 4.79 Å². The number of nitrogens with one attached hydrogen (secondary N) is 1. The van der Waals surface area contributed by atoms with E-state index in [0.717, 1.165) is 0 Å². The Labute approximate surface area is 108 Å². The Bertz CT molecular complexity index is 656. The van der Waals surface area contributed by atoms with E-state index in [4.69, 9.17) is 5.11 Å². The summed E-state index contributed by atoms with van der Waals surface area (Å²) in [6, 6.07) is 5.18. The third-order valence-electron chi connectivity index (χ3n) is 2.68. The van der Waals surface area contributed by atoms with E-state index in [-0.39, 0.29) is 5.69 Å². The highest BCUT2D eigenvalue weighted by atomic mass is 16.6. The van der Waals surface area contributed by atoms with Crippen LogP contribution in [0.3, 0.4) is 0 Å². The van der Waals surface area contributed by atoms with Crippen LogP contribution in [0.1, 0.15) is 6.92 Å². The molecule has 2 aromatic rings. The van der Waals surface area contributed by atoms with Crippen molar-refractivity contribution in [2.24, 2.45) is 0 Å². The van der Waals surface area contributed by atoms with Gasteiger partial charge in [0.25, 0.3) is 5.69 Å². The molecule has 7 nitrogen and oxygen atoms in total. The van der Waals surface area contributed by atoms with Gasteiger partial charge in [0.2, 0.25) is 0 Å². The van der Waals surface area contributed by atoms with Crippen molar-refractivity contribution in [2.45, 2.75) is 13.0 Å². The zero-order valence-corrected chi connectivity index (χ0v) is 10.0. The second-order valence-corrected chi connectivity index (χ2v) is 4.03. The molecule has 0 aliphatic heterocycles. The first-order valence-electron chi connectivity index (χ1n) is 5.51. The van der Waals surface area contributed by atoms with Crippen molar-refractivity contribution >= 4 is 28.2 Å². The van der Waals surface area contributed by atoms with E-state index in [0.29, 0.717) is 16.6 Å². The molecule has 0 radical (unpaired) electrons. The molecular formula is C12H11N3O4. The Morgan fingerprint density at radius 3 is 2.84 bits per heavy atom. The van der Waals surface area contributed by atoms with Crippen LogP contribution in [-0.4, -0.2) is 27.0 Å². The van der Waals surface area contributed by atoms with Crippen LogP contribution >= 0.6 is 0 Å². The number of anilines is 1. The smallest absolute Gasteiger partial charge is 0.325 e. The number of nitrogens with zero attached hydrogens (tertiary/aromatic N) is 2. The fourth-order valence-electron chi connectivity index (χ4n) is 1.66. The van der Waals surface area contributed by atoms with Crippen molar-refractivity contribution in [3.8, 4) is 0 Å². The summed E-state index contributed by atoms with van der Waals surface area (Å²) >= 11 is 0. The number of aliphatic carboxylic acids is 1. The van der Waals surface area contributed by atoms with Gasteiger partial charge >= 0.3 is 5.97 Å². The summed E-state index contributed by atoms with van der Waals surface area (Å²) in [6.07, 6.45) is 1.48. The summed E-state index contributed by atoms with van der Waals surface area (Å²) in [4.78, 5) is 25.1. The number of aromatic nitrogens is 1. The van der Waals surface area contributed by atoms with Crippen molar-refractivity contribution in [1.82, 2.24) is 4.98 Å². The van der Waals surface area contributed by atoms with Gasteiger partial charge in [-0.2, -0.15) is 0 Å². The zero-order valence-electron chi connectivity index (χ0n) is 10.0. The minimum absolute atomic E-state index is 0.0177. The van der Waals surface area contributed by atoms with E-state index < -0.39 is 16.9 Å². The molecule has 0 aliphatic rings. The zero-order chi connectivity index (χ0) is 14.0. The van der Waals surface area contributed by atoms with Gasteiger partial charge in [0.05, 0.1) is 4.92 Å². The number of pyridine rings is 1. The Balaban J connectivity index is 2.46. The lowest BCUT2D eigenvalue weighted by atomic mass is 10.1. The van der Waals surface area contributed by atoms with Crippen molar-refractivity contribution in [2.75, 3.05) is 5.32 Å². The summed E-state index contributed by atoms with van der Waals surface area (Å²) in [7, 11) is 0. The van der Waals surface area contributed by atoms with Crippen molar-refractivity contribution < 1.29 is 14.8 Å². The molecule has 1 unspecified atom stereocenters. The average Bonchev–Trinajstić information content (AvgIpc) is 2.38. The number of hydrogen-bond donors (Lipinski definition) is 2. The van der Waals surface area contributed by atoms with Gasteiger partial charge in [-0.15, -0.1) is 0 Å². The molecule has 0 aliphatic carbocycles. The second kappa shape index (κ2) is 4.89. The van der Waals surface area contributed by atoms with Crippen LogP contribution in [0.25, 0.3) is 10.8 Å². The number of carboxylic acid groups (broad SMARTS) is 1. The molecule has 1 aromatic carbocycles. The maximum atomic E-state index is 10.8. The van der Waals surface area contributed by atoms with Gasteiger partial charge in [0.1, 0.15) is 11.9 Å². The van der Waals surface area contributed by atoms with Gasteiger partial charge in [0, 0.05) is 23.7 Å². The molecule has 2 N–H and O–H groups in total. The van der Waals surface area contributed by atoms with Gasteiger partial charge in [-0.05, 0) is 24.4 Å². The summed E-state index contributed by atoms with van der Waals surface area (Å²) in [5.74, 6) is -0.608. The number of nitro groups is 1. The first kappa shape index (κ1) is 12.7. The minimum atomic E-state index is -0.999. The second-order valence-electron chi connectivity index (χ2n) is 4.03. The third kappa shape index (κ3) is 2.59. The Morgan fingerprint density at radius 1 is 1.47 bits per heavy atom. The van der Waals surface area contributed by atoms with E-state index in [9.17, 15) is 14.9 Å². The summed E-state index contributed by atoms with van der Waals surface area (Å²) in [5, 5.41) is 23.6. The molecule has 7 heteroatoms. The molecule has 2 rings (SSSR count). The monoisotopic (exact) mass is 261 g/mol. The Hall–Kier alpha value is -2.70. The standard InChI is InChI=1S/C12H11N3O4/c1-7(12(16)17)14-11-10-3-2-9(15(18)19)6-8(10)4-5-13-11/h2-7H,1H3,(H,13,14)(H,16,17). The summed E-state index contributed by atoms with van der Waals surface area (Å²) < 4.78 is 0. The van der Waals surface area contributed by atoms with Crippen molar-refractivity contribution in [3.63, 3.8) is 0 Å². The number of carboxylic acids is 1. The highest BCUT2D eigenvalue weighted by Gasteiger charge is 2.14. The van der Waals surface area contributed by atoms with Gasteiger partial charge in [-0.25, -0.2) is 4.98 Å². The largest absolute Gasteiger partial charge is 0.480 e. The number of hydrogen-bond acceptors (Lipinski definition) is 5. The summed E-state index contributed by atoms with van der Waals surface area (Å²) in [5.41, 5.74) is -0.0177. The number of benzene rings is 1. The third-order valence-corrected chi connectivity index (χ3v) is 2.68. The van der Waals surface area contributed by atoms with Crippen LogP contribution in [0.4, 0.5) is 11.5 Å². The van der Waals surface area contributed by atoms with Crippen LogP contribution in [0.2, 0.25) is 0 Å². The quantitative estimate of drug-likeness (QED) is 0.644. The SMILES string of the molecule is CC(Nc1nccc2cc([N+](=O)[O-])ccc12)C(=O)O. The van der Waals surface area contributed by atoms with E-state index in [2.05, 4.69) is 10.3 Å². The average molecular weight is 261 g/mol. The first-order valence-corrected chi connectivity index (χ1v) is 5.51. The van der Waals surface area contributed by atoms with Crippen LogP contribution in [0, 0.1) is 10.1 Å². The van der Waals surface area contributed by atoms with Gasteiger partial charge in [-0.1, -0.05) is 0 Å². The molecule has 0 saturated carbocycles. The lowest BCUT2D eigenvalue weighted by Gasteiger charge is -2.11. The molecule has 0 bridgehead atoms. The summed E-state index contributed by atoms with van der Waals surface area (Å²) in [6.45, 7) is 1.49. The molecule has 1 aromatic heterocycles. The minimum Gasteiger partial charge on any atom is -0.480 e. The Morgan fingerprint density at radius 2 is 2.21 bits per heavy atom. The van der Waals surface area contributed by atoms with E-state index >= 15 is 0 Å². The fraction of sp³-hybridized carbons (Fsp3) is 0.167. The number of non-ortho nitro benzene ring substituents is 1. The lowest BCUT2D eigenvalue weighted by molar-refractivity contribution is -0.384. The molecule has 0 fully saturated rings. The molecular weight excluding hydrogens is 250 g/mol. The van der Waals surface area contributed by atoms with E-state index in [1.807, 2.05) is 0 Å². The molecule has 19 heavy (non-hydrogen) atoms. The molecule has 0 spiro atoms. The Kier molecular flexibility index (Phi) is 3.28. The van der Waals surface area contributed by atoms with E-state index in [1.165, 1.54) is 25.3 Å². The van der Waals surface area contributed by atoms with Crippen LogP contribution < -0.4 is 5.32 Å². The molecule has 0 saturated heterocycles. The van der Waals surface area contributed by atoms with Crippen molar-refractivity contribution in [3.05, 3.63) is 40.6 Å². The number of fused-ring (bicyclic) bond motifs is 1. The normalized spacial score (nSPS) is 12.1. The highest BCUT2D eigenvalue weighted by molar-refractivity contribution is 5.94. The highest BCUT2D eigenvalue weighted by Crippen LogP contribution is 2.25. The maximum Gasteiger partial charge on any atom is 0.325 e. The van der Waals surface area contributed by atoms with Crippen LogP contribution in [0.5, 0.6) is 0 Å². The van der Waals surface area contributed by atoms with Gasteiger partial charge < -0.3 is 10.4 Å². The molecule has 1 atom stereocenters. The fourth-order valence-corrected chi connectivity index (χ4v) is 1.66. The predicted octanol–water partition coefficient (Wildman–Crippen LogP) is 2.03. The van der Waals surface area contributed by atoms with Gasteiger partial charge in [0.15, 0.2) is 0 Å².